The fourth-order valence-corrected chi connectivity index (χ4v) is 4.29. The van der Waals surface area contributed by atoms with Crippen molar-refractivity contribution in [2.24, 2.45) is 11.8 Å². The van der Waals surface area contributed by atoms with Crippen LogP contribution in [-0.4, -0.2) is 64.1 Å². The molecule has 2 saturated heterocycles. The Kier molecular flexibility index (Phi) is 5.97. The predicted molar refractivity (Wildman–Crippen MR) is 102 cm³/mol. The predicted octanol–water partition coefficient (Wildman–Crippen LogP) is 1.69. The molecule has 3 rings (SSSR count). The lowest BCUT2D eigenvalue weighted by Crippen LogP contribution is -2.56. The summed E-state index contributed by atoms with van der Waals surface area (Å²) in [6.07, 6.45) is 5.15. The van der Waals surface area contributed by atoms with Crippen LogP contribution in [0.3, 0.4) is 0 Å². The zero-order chi connectivity index (χ0) is 18.7. The molecule has 0 spiro atoms. The van der Waals surface area contributed by atoms with Gasteiger partial charge in [-0.1, -0.05) is 19.1 Å². The van der Waals surface area contributed by atoms with Crippen molar-refractivity contribution >= 4 is 5.91 Å². The molecule has 2 atom stereocenters. The van der Waals surface area contributed by atoms with Crippen molar-refractivity contribution in [3.8, 4) is 0 Å². The molecule has 1 aromatic heterocycles. The van der Waals surface area contributed by atoms with Gasteiger partial charge < -0.3 is 10.6 Å². The molecule has 3 heterocycles. The van der Waals surface area contributed by atoms with Crippen LogP contribution in [0.5, 0.6) is 0 Å². The summed E-state index contributed by atoms with van der Waals surface area (Å²) >= 11 is 0. The minimum Gasteiger partial charge on any atom is -0.349 e. The van der Waals surface area contributed by atoms with E-state index in [4.69, 9.17) is 0 Å². The SMILES string of the molecule is CC1CC(C)CN(C(C)(C)CNC(=O)c2cn(C3CCNCC3)nn2)C1. The van der Waals surface area contributed by atoms with Gasteiger partial charge >= 0.3 is 0 Å². The lowest BCUT2D eigenvalue weighted by Gasteiger charge is -2.45. The number of hydrogen-bond acceptors (Lipinski definition) is 5. The van der Waals surface area contributed by atoms with Crippen LogP contribution < -0.4 is 10.6 Å². The molecule has 7 nitrogen and oxygen atoms in total. The number of piperidine rings is 2. The van der Waals surface area contributed by atoms with Crippen LogP contribution in [0.15, 0.2) is 6.20 Å². The second-order valence-electron chi connectivity index (χ2n) is 8.91. The number of hydrogen-bond donors (Lipinski definition) is 2. The Morgan fingerprint density at radius 2 is 1.92 bits per heavy atom. The van der Waals surface area contributed by atoms with Gasteiger partial charge in [-0.15, -0.1) is 5.10 Å². The Labute approximate surface area is 156 Å². The molecule has 1 aromatic rings. The lowest BCUT2D eigenvalue weighted by molar-refractivity contribution is 0.0444. The zero-order valence-corrected chi connectivity index (χ0v) is 16.7. The maximum Gasteiger partial charge on any atom is 0.273 e. The summed E-state index contributed by atoms with van der Waals surface area (Å²) < 4.78 is 1.86. The van der Waals surface area contributed by atoms with Crippen LogP contribution in [-0.2, 0) is 0 Å². The average Bonchev–Trinajstić information content (AvgIpc) is 3.10. The first kappa shape index (κ1) is 19.3. The number of carbonyl (C=O) groups excluding carboxylic acids is 1. The number of nitrogens with zero attached hydrogens (tertiary/aromatic N) is 4. The minimum atomic E-state index is -0.128. The fraction of sp³-hybridized carbons (Fsp3) is 0.842. The van der Waals surface area contributed by atoms with Crippen LogP contribution >= 0.6 is 0 Å². The zero-order valence-electron chi connectivity index (χ0n) is 16.7. The molecule has 2 fully saturated rings. The van der Waals surface area contributed by atoms with Gasteiger partial charge in [-0.05, 0) is 58.0 Å². The molecule has 2 aliphatic rings. The number of nitrogens with one attached hydrogen (secondary N) is 2. The molecule has 2 unspecified atom stereocenters. The highest BCUT2D eigenvalue weighted by atomic mass is 16.2. The van der Waals surface area contributed by atoms with E-state index in [-0.39, 0.29) is 11.4 Å². The maximum absolute atomic E-state index is 12.5. The molecule has 0 bridgehead atoms. The van der Waals surface area contributed by atoms with Crippen molar-refractivity contribution in [3.05, 3.63) is 11.9 Å². The highest BCUT2D eigenvalue weighted by Crippen LogP contribution is 2.27. The third kappa shape index (κ3) is 4.62. The van der Waals surface area contributed by atoms with Crippen molar-refractivity contribution in [1.29, 1.82) is 0 Å². The van der Waals surface area contributed by atoms with Gasteiger partial charge in [0, 0.05) is 25.2 Å². The van der Waals surface area contributed by atoms with Crippen LogP contribution in [0, 0.1) is 11.8 Å². The van der Waals surface area contributed by atoms with Crippen LogP contribution in [0.4, 0.5) is 0 Å². The van der Waals surface area contributed by atoms with Gasteiger partial charge in [0.05, 0.1) is 12.2 Å². The van der Waals surface area contributed by atoms with Crippen molar-refractivity contribution < 1.29 is 4.79 Å². The van der Waals surface area contributed by atoms with E-state index in [0.717, 1.165) is 39.0 Å². The quantitative estimate of drug-likeness (QED) is 0.834. The normalized spacial score (nSPS) is 26.0. The first-order valence-electron chi connectivity index (χ1n) is 10.0. The van der Waals surface area contributed by atoms with E-state index in [1.807, 2.05) is 4.68 Å². The summed E-state index contributed by atoms with van der Waals surface area (Å²) in [6, 6.07) is 0.345. The van der Waals surface area contributed by atoms with E-state index in [2.05, 4.69) is 53.5 Å². The Balaban J connectivity index is 1.55. The van der Waals surface area contributed by atoms with Crippen molar-refractivity contribution in [2.75, 3.05) is 32.7 Å². The van der Waals surface area contributed by atoms with E-state index in [0.29, 0.717) is 30.1 Å². The monoisotopic (exact) mass is 362 g/mol. The third-order valence-electron chi connectivity index (χ3n) is 5.83. The molecule has 7 heteroatoms. The molecule has 0 aromatic carbocycles. The molecule has 0 saturated carbocycles. The van der Waals surface area contributed by atoms with Gasteiger partial charge in [-0.2, -0.15) is 0 Å². The summed E-state index contributed by atoms with van der Waals surface area (Å²) in [5, 5.41) is 14.7. The first-order valence-corrected chi connectivity index (χ1v) is 10.0. The van der Waals surface area contributed by atoms with E-state index in [1.165, 1.54) is 6.42 Å². The first-order chi connectivity index (χ1) is 12.3. The molecule has 146 valence electrons. The number of rotatable bonds is 5. The average molecular weight is 363 g/mol. The van der Waals surface area contributed by atoms with Crippen LogP contribution in [0.25, 0.3) is 0 Å². The van der Waals surface area contributed by atoms with Gasteiger partial charge in [0.1, 0.15) is 0 Å². The van der Waals surface area contributed by atoms with E-state index < -0.39 is 0 Å². The van der Waals surface area contributed by atoms with Crippen LogP contribution in [0.2, 0.25) is 0 Å². The van der Waals surface area contributed by atoms with Crippen LogP contribution in [0.1, 0.15) is 63.5 Å². The molecule has 2 aliphatic heterocycles. The largest absolute Gasteiger partial charge is 0.349 e. The Hall–Kier alpha value is -1.47. The second-order valence-corrected chi connectivity index (χ2v) is 8.91. The molecule has 0 aliphatic carbocycles. The number of aromatic nitrogens is 3. The van der Waals surface area contributed by atoms with Gasteiger partial charge in [-0.25, -0.2) is 4.68 Å². The number of amides is 1. The molecule has 0 radical (unpaired) electrons. The van der Waals surface area contributed by atoms with Gasteiger partial charge in [0.25, 0.3) is 5.91 Å². The topological polar surface area (TPSA) is 75.1 Å². The molecule has 1 amide bonds. The Morgan fingerprint density at radius 1 is 1.27 bits per heavy atom. The number of likely N-dealkylation sites (tertiary alicyclic amines) is 1. The summed E-state index contributed by atoms with van der Waals surface area (Å²) in [5.74, 6) is 1.29. The summed E-state index contributed by atoms with van der Waals surface area (Å²) in [5.41, 5.74) is 0.351. The van der Waals surface area contributed by atoms with Crippen molar-refractivity contribution in [2.45, 2.75) is 58.5 Å². The molecular formula is C19H34N6O. The third-order valence-corrected chi connectivity index (χ3v) is 5.83. The Morgan fingerprint density at radius 3 is 2.58 bits per heavy atom. The van der Waals surface area contributed by atoms with Gasteiger partial charge in [0.15, 0.2) is 5.69 Å². The molecule has 2 N–H and O–H groups in total. The standard InChI is InChI=1S/C19H34N6O/c1-14-9-15(2)11-24(10-14)19(3,4)13-21-18(26)17-12-25(23-22-17)16-5-7-20-8-6-16/h12,14-16,20H,5-11,13H2,1-4H3,(H,21,26). The van der Waals surface area contributed by atoms with Crippen molar-refractivity contribution in [3.63, 3.8) is 0 Å². The lowest BCUT2D eigenvalue weighted by atomic mass is 9.88. The summed E-state index contributed by atoms with van der Waals surface area (Å²) in [4.78, 5) is 15.1. The highest BCUT2D eigenvalue weighted by Gasteiger charge is 2.33. The van der Waals surface area contributed by atoms with E-state index in [9.17, 15) is 4.79 Å². The van der Waals surface area contributed by atoms with E-state index >= 15 is 0 Å². The second kappa shape index (κ2) is 8.05. The smallest absolute Gasteiger partial charge is 0.273 e. The number of carbonyl (C=O) groups is 1. The van der Waals surface area contributed by atoms with Crippen molar-refractivity contribution in [1.82, 2.24) is 30.5 Å². The Bertz CT molecular complexity index is 597. The molecular weight excluding hydrogens is 328 g/mol. The summed E-state index contributed by atoms with van der Waals surface area (Å²) in [7, 11) is 0. The molecule has 26 heavy (non-hydrogen) atoms. The van der Waals surface area contributed by atoms with Gasteiger partial charge in [0.2, 0.25) is 0 Å². The minimum absolute atomic E-state index is 0.0658. The fourth-order valence-electron chi connectivity index (χ4n) is 4.29. The van der Waals surface area contributed by atoms with Gasteiger partial charge in [-0.3, -0.25) is 9.69 Å². The highest BCUT2D eigenvalue weighted by molar-refractivity contribution is 5.91. The maximum atomic E-state index is 12.5. The summed E-state index contributed by atoms with van der Waals surface area (Å²) in [6.45, 7) is 13.9. The van der Waals surface area contributed by atoms with E-state index in [1.54, 1.807) is 6.20 Å².